The lowest BCUT2D eigenvalue weighted by Gasteiger charge is -2.32. The Hall–Kier alpha value is -1.60. The van der Waals surface area contributed by atoms with E-state index in [1.165, 1.54) is 19.2 Å². The average Bonchev–Trinajstić information content (AvgIpc) is 2.54. The zero-order chi connectivity index (χ0) is 16.1. The van der Waals surface area contributed by atoms with Crippen LogP contribution in [0.1, 0.15) is 23.2 Å². The maximum Gasteiger partial charge on any atom is 0.387 e. The second-order valence-corrected chi connectivity index (χ2v) is 5.07. The Morgan fingerprint density at radius 2 is 2.00 bits per heavy atom. The fraction of sp³-hybridized carbons (Fsp3) is 0.533. The molecule has 2 rings (SSSR count). The van der Waals surface area contributed by atoms with Gasteiger partial charge in [0.05, 0.1) is 12.7 Å². The molecule has 1 N–H and O–H groups in total. The minimum Gasteiger partial charge on any atom is -0.493 e. The van der Waals surface area contributed by atoms with Crippen molar-refractivity contribution in [1.29, 1.82) is 0 Å². The Bertz CT molecular complexity index is 523. The Morgan fingerprint density at radius 1 is 1.35 bits per heavy atom. The molecular formula is C15H21ClF2N2O3. The van der Waals surface area contributed by atoms with Crippen LogP contribution in [0.25, 0.3) is 0 Å². The van der Waals surface area contributed by atoms with Gasteiger partial charge in [-0.05, 0) is 32.0 Å². The van der Waals surface area contributed by atoms with E-state index in [9.17, 15) is 13.6 Å². The summed E-state index contributed by atoms with van der Waals surface area (Å²) >= 11 is 0. The molecule has 23 heavy (non-hydrogen) atoms. The maximum absolute atomic E-state index is 12.6. The average molecular weight is 351 g/mol. The van der Waals surface area contributed by atoms with Crippen LogP contribution in [-0.4, -0.2) is 50.7 Å². The standard InChI is InChI=1S/C15H20F2N2O3.ClH/c1-18-10-6-8-19(9-7-10)14(20)11-4-3-5-12(21-2)13(11)22-15(16)17;/h3-5,10,15,18H,6-9H2,1-2H3;1H. The number of hydrogen-bond acceptors (Lipinski definition) is 4. The van der Waals surface area contributed by atoms with Crippen molar-refractivity contribution in [3.05, 3.63) is 23.8 Å². The summed E-state index contributed by atoms with van der Waals surface area (Å²) in [4.78, 5) is 14.2. The Labute approximate surface area is 140 Å². The second-order valence-electron chi connectivity index (χ2n) is 5.07. The van der Waals surface area contributed by atoms with Crippen molar-refractivity contribution < 1.29 is 23.0 Å². The fourth-order valence-electron chi connectivity index (χ4n) is 2.60. The predicted octanol–water partition coefficient (Wildman–Crippen LogP) is 2.54. The SMILES string of the molecule is CNC1CCN(C(=O)c2cccc(OC)c2OC(F)F)CC1.Cl. The van der Waals surface area contributed by atoms with Crippen LogP contribution in [0.4, 0.5) is 8.78 Å². The van der Waals surface area contributed by atoms with Gasteiger partial charge in [0, 0.05) is 19.1 Å². The summed E-state index contributed by atoms with van der Waals surface area (Å²) in [6, 6.07) is 4.94. The molecule has 0 unspecified atom stereocenters. The van der Waals surface area contributed by atoms with E-state index < -0.39 is 6.61 Å². The molecular weight excluding hydrogens is 330 g/mol. The third-order valence-electron chi connectivity index (χ3n) is 3.83. The third-order valence-corrected chi connectivity index (χ3v) is 3.83. The molecule has 1 aromatic carbocycles. The van der Waals surface area contributed by atoms with Gasteiger partial charge in [-0.3, -0.25) is 4.79 Å². The first-order chi connectivity index (χ1) is 10.6. The Kier molecular flexibility index (Phi) is 7.51. The fourth-order valence-corrected chi connectivity index (χ4v) is 2.60. The molecule has 0 aromatic heterocycles. The lowest BCUT2D eigenvalue weighted by molar-refractivity contribution is -0.0516. The van der Waals surface area contributed by atoms with E-state index >= 15 is 0 Å². The smallest absolute Gasteiger partial charge is 0.387 e. The van der Waals surface area contributed by atoms with Crippen molar-refractivity contribution in [2.45, 2.75) is 25.5 Å². The highest BCUT2D eigenvalue weighted by Crippen LogP contribution is 2.33. The number of benzene rings is 1. The first kappa shape index (κ1) is 19.4. The summed E-state index contributed by atoms with van der Waals surface area (Å²) in [7, 11) is 3.24. The van der Waals surface area contributed by atoms with Crippen molar-refractivity contribution in [3.63, 3.8) is 0 Å². The number of alkyl halides is 2. The number of halogens is 3. The highest BCUT2D eigenvalue weighted by atomic mass is 35.5. The van der Waals surface area contributed by atoms with Crippen LogP contribution in [0.5, 0.6) is 11.5 Å². The van der Waals surface area contributed by atoms with Crippen LogP contribution in [0.15, 0.2) is 18.2 Å². The first-order valence-electron chi connectivity index (χ1n) is 7.15. The monoisotopic (exact) mass is 350 g/mol. The number of para-hydroxylation sites is 1. The van der Waals surface area contributed by atoms with E-state index in [2.05, 4.69) is 10.1 Å². The van der Waals surface area contributed by atoms with E-state index in [1.807, 2.05) is 7.05 Å². The van der Waals surface area contributed by atoms with E-state index in [-0.39, 0.29) is 35.4 Å². The maximum atomic E-state index is 12.6. The number of methoxy groups -OCH3 is 1. The molecule has 5 nitrogen and oxygen atoms in total. The molecule has 0 radical (unpaired) electrons. The lowest BCUT2D eigenvalue weighted by Crippen LogP contribution is -2.44. The van der Waals surface area contributed by atoms with Gasteiger partial charge in [-0.25, -0.2) is 0 Å². The van der Waals surface area contributed by atoms with Gasteiger partial charge in [0.2, 0.25) is 0 Å². The highest BCUT2D eigenvalue weighted by Gasteiger charge is 2.27. The summed E-state index contributed by atoms with van der Waals surface area (Å²) in [5.74, 6) is -0.402. The summed E-state index contributed by atoms with van der Waals surface area (Å²) in [5, 5.41) is 3.18. The normalized spacial score (nSPS) is 15.3. The van der Waals surface area contributed by atoms with Gasteiger partial charge in [-0.1, -0.05) is 6.07 Å². The number of ether oxygens (including phenoxy) is 2. The van der Waals surface area contributed by atoms with Crippen molar-refractivity contribution in [2.24, 2.45) is 0 Å². The summed E-state index contributed by atoms with van der Waals surface area (Å²) in [5.41, 5.74) is 0.0996. The van der Waals surface area contributed by atoms with Gasteiger partial charge >= 0.3 is 6.61 Å². The minimum atomic E-state index is -3.02. The molecule has 1 fully saturated rings. The van der Waals surface area contributed by atoms with Crippen LogP contribution < -0.4 is 14.8 Å². The first-order valence-corrected chi connectivity index (χ1v) is 7.15. The van der Waals surface area contributed by atoms with Crippen molar-refractivity contribution in [2.75, 3.05) is 27.2 Å². The van der Waals surface area contributed by atoms with Gasteiger partial charge in [0.15, 0.2) is 11.5 Å². The van der Waals surface area contributed by atoms with E-state index in [0.29, 0.717) is 19.1 Å². The number of amides is 1. The number of nitrogens with one attached hydrogen (secondary N) is 1. The van der Waals surface area contributed by atoms with E-state index in [0.717, 1.165) is 12.8 Å². The molecule has 0 saturated carbocycles. The Balaban J connectivity index is 0.00000264. The van der Waals surface area contributed by atoms with Gasteiger partial charge in [-0.2, -0.15) is 8.78 Å². The van der Waals surface area contributed by atoms with Gasteiger partial charge in [0.25, 0.3) is 5.91 Å². The van der Waals surface area contributed by atoms with Crippen LogP contribution in [0.2, 0.25) is 0 Å². The molecule has 8 heteroatoms. The van der Waals surface area contributed by atoms with E-state index in [4.69, 9.17) is 4.74 Å². The van der Waals surface area contributed by atoms with Crippen LogP contribution in [-0.2, 0) is 0 Å². The summed E-state index contributed by atoms with van der Waals surface area (Å²) < 4.78 is 34.7. The molecule has 130 valence electrons. The molecule has 1 heterocycles. The summed E-state index contributed by atoms with van der Waals surface area (Å²) in [6.45, 7) is -1.86. The van der Waals surface area contributed by atoms with Gasteiger partial charge in [-0.15, -0.1) is 12.4 Å². The largest absolute Gasteiger partial charge is 0.493 e. The van der Waals surface area contributed by atoms with Crippen LogP contribution in [0, 0.1) is 0 Å². The van der Waals surface area contributed by atoms with Crippen LogP contribution >= 0.6 is 12.4 Å². The quantitative estimate of drug-likeness (QED) is 0.886. The highest BCUT2D eigenvalue weighted by molar-refractivity contribution is 5.97. The van der Waals surface area contributed by atoms with Crippen molar-refractivity contribution in [3.8, 4) is 11.5 Å². The second kappa shape index (κ2) is 8.88. The molecule has 1 aliphatic rings. The molecule has 1 aromatic rings. The molecule has 0 atom stereocenters. The number of hydrogen-bond donors (Lipinski definition) is 1. The molecule has 0 spiro atoms. The molecule has 0 bridgehead atoms. The van der Waals surface area contributed by atoms with Gasteiger partial charge in [0.1, 0.15) is 0 Å². The van der Waals surface area contributed by atoms with Gasteiger partial charge < -0.3 is 19.7 Å². The zero-order valence-corrected chi connectivity index (χ0v) is 13.9. The minimum absolute atomic E-state index is 0. The number of carbonyl (C=O) groups excluding carboxylic acids is 1. The van der Waals surface area contributed by atoms with Crippen molar-refractivity contribution >= 4 is 18.3 Å². The number of rotatable bonds is 5. The summed E-state index contributed by atoms with van der Waals surface area (Å²) in [6.07, 6.45) is 1.66. The Morgan fingerprint density at radius 3 is 2.52 bits per heavy atom. The number of nitrogens with zero attached hydrogens (tertiary/aromatic N) is 1. The molecule has 0 aliphatic carbocycles. The topological polar surface area (TPSA) is 50.8 Å². The number of piperidine rings is 1. The predicted molar refractivity (Wildman–Crippen MR) is 84.9 cm³/mol. The molecule has 1 saturated heterocycles. The number of likely N-dealkylation sites (tertiary alicyclic amines) is 1. The lowest BCUT2D eigenvalue weighted by atomic mass is 10.0. The van der Waals surface area contributed by atoms with Crippen molar-refractivity contribution in [1.82, 2.24) is 10.2 Å². The zero-order valence-electron chi connectivity index (χ0n) is 13.1. The molecule has 1 amide bonds. The molecule has 1 aliphatic heterocycles. The van der Waals surface area contributed by atoms with E-state index in [1.54, 1.807) is 11.0 Å². The van der Waals surface area contributed by atoms with Crippen LogP contribution in [0.3, 0.4) is 0 Å². The number of carbonyl (C=O) groups is 1. The third kappa shape index (κ3) is 4.68.